The molecule has 1 heterocycles. The molecule has 2 fully saturated rings. The van der Waals surface area contributed by atoms with Gasteiger partial charge in [0.05, 0.1) is 40.0 Å². The number of allylic oxidation sites excluding steroid dienone is 2. The summed E-state index contributed by atoms with van der Waals surface area (Å²) in [5.41, 5.74) is 0. The Morgan fingerprint density at radius 3 is 2.42 bits per heavy atom. The van der Waals surface area contributed by atoms with Crippen LogP contribution in [0.5, 0.6) is 0 Å². The molecule has 10 heteroatoms. The number of ether oxygens (including phenoxy) is 3. The summed E-state index contributed by atoms with van der Waals surface area (Å²) in [6.45, 7) is 3.60. The molecule has 1 N–H and O–H groups in total. The molecule has 3 amide bonds. The maximum Gasteiger partial charge on any atom is 0.406 e. The number of hydroxylamine groups is 2. The van der Waals surface area contributed by atoms with Crippen molar-refractivity contribution in [1.82, 2.24) is 10.4 Å². The van der Waals surface area contributed by atoms with Gasteiger partial charge in [-0.15, -0.1) is 5.06 Å². The summed E-state index contributed by atoms with van der Waals surface area (Å²) in [5, 5.41) is 2.94. The average Bonchev–Trinajstić information content (AvgIpc) is 3.43. The number of amides is 3. The number of carbonyl (C=O) groups is 4. The van der Waals surface area contributed by atoms with Crippen molar-refractivity contribution in [3.8, 4) is 0 Å². The van der Waals surface area contributed by atoms with Crippen LogP contribution in [0.2, 0.25) is 0 Å². The molecule has 0 aromatic carbocycles. The molecule has 0 aromatic heterocycles. The molecule has 3 aliphatic rings. The minimum absolute atomic E-state index is 0.0603. The van der Waals surface area contributed by atoms with E-state index >= 15 is 0 Å². The van der Waals surface area contributed by atoms with E-state index in [0.29, 0.717) is 24.8 Å². The monoisotopic (exact) mass is 468 g/mol. The van der Waals surface area contributed by atoms with Crippen LogP contribution in [0.25, 0.3) is 0 Å². The van der Waals surface area contributed by atoms with Gasteiger partial charge >= 0.3 is 12.1 Å². The van der Waals surface area contributed by atoms with Gasteiger partial charge in [0.25, 0.3) is 11.8 Å². The Labute approximate surface area is 194 Å². The van der Waals surface area contributed by atoms with E-state index in [0.717, 1.165) is 17.8 Å². The topological polar surface area (TPSA) is 120 Å². The van der Waals surface area contributed by atoms with E-state index in [-0.39, 0.29) is 32.5 Å². The molecule has 10 nitrogen and oxygen atoms in total. The summed E-state index contributed by atoms with van der Waals surface area (Å²) in [6.07, 6.45) is 10.1. The number of hydrogen-bond acceptors (Lipinski definition) is 8. The fraction of sp³-hybridized carbons (Fsp3) is 0.739. The Kier molecular flexibility index (Phi) is 11.9. The molecule has 33 heavy (non-hydrogen) atoms. The van der Waals surface area contributed by atoms with Crippen molar-refractivity contribution < 1.29 is 38.2 Å². The van der Waals surface area contributed by atoms with E-state index in [1.165, 1.54) is 32.8 Å². The van der Waals surface area contributed by atoms with Crippen molar-refractivity contribution >= 4 is 23.9 Å². The number of fused-ring (bicyclic) bond motifs is 1. The van der Waals surface area contributed by atoms with Crippen LogP contribution in [0.15, 0.2) is 12.2 Å². The third-order valence-electron chi connectivity index (χ3n) is 5.63. The van der Waals surface area contributed by atoms with Crippen LogP contribution in [0.4, 0.5) is 4.79 Å². The summed E-state index contributed by atoms with van der Waals surface area (Å²) in [7, 11) is 1.27. The highest BCUT2D eigenvalue weighted by atomic mass is 16.7. The number of carbonyl (C=O) groups excluding carboxylic acids is 4. The van der Waals surface area contributed by atoms with Gasteiger partial charge in [-0.05, 0) is 43.4 Å². The Morgan fingerprint density at radius 2 is 1.73 bits per heavy atom. The molecule has 0 bridgehead atoms. The van der Waals surface area contributed by atoms with Gasteiger partial charge in [0.2, 0.25) is 0 Å². The van der Waals surface area contributed by atoms with Crippen LogP contribution in [0.3, 0.4) is 0 Å². The normalized spacial score (nSPS) is 24.5. The van der Waals surface area contributed by atoms with Gasteiger partial charge < -0.3 is 24.4 Å². The molecular weight excluding hydrogens is 432 g/mol. The van der Waals surface area contributed by atoms with E-state index in [9.17, 15) is 19.2 Å². The third kappa shape index (κ3) is 10.8. The average molecular weight is 469 g/mol. The van der Waals surface area contributed by atoms with Crippen LogP contribution in [-0.4, -0.2) is 69.0 Å². The second-order valence-electron chi connectivity index (χ2n) is 8.41. The van der Waals surface area contributed by atoms with Crippen LogP contribution >= 0.6 is 0 Å². The summed E-state index contributed by atoms with van der Waals surface area (Å²) in [4.78, 5) is 49.3. The Bertz CT molecular complexity index is 680. The van der Waals surface area contributed by atoms with Gasteiger partial charge in [0, 0.05) is 19.4 Å². The molecule has 1 aliphatic heterocycles. The summed E-state index contributed by atoms with van der Waals surface area (Å²) in [5.74, 6) is 1.34. The molecule has 2 aliphatic carbocycles. The zero-order valence-electron chi connectivity index (χ0n) is 19.6. The van der Waals surface area contributed by atoms with E-state index < -0.39 is 23.9 Å². The molecule has 0 spiro atoms. The SMILES string of the molecule is CC1/C=C\CCC2CC2C1.COC(=O)NCCOCCOCCC(=O)ON1C(=O)CCC1=O. The second kappa shape index (κ2) is 14.6. The van der Waals surface area contributed by atoms with E-state index in [1.807, 2.05) is 0 Å². The van der Waals surface area contributed by atoms with Crippen molar-refractivity contribution in [2.75, 3.05) is 40.1 Å². The summed E-state index contributed by atoms with van der Waals surface area (Å²) < 4.78 is 14.7. The number of nitrogens with one attached hydrogen (secondary N) is 1. The van der Waals surface area contributed by atoms with Gasteiger partial charge in [0.15, 0.2) is 0 Å². The Hall–Kier alpha value is -2.46. The molecule has 1 saturated carbocycles. The standard InChI is InChI=1S/C13H20N2O8.C10H16/c1-20-13(19)14-5-7-22-9-8-21-6-4-12(18)23-15-10(16)2-3-11(15)17;1-8-4-2-3-5-9-7-10(9)6-8/h2-9H2,1H3,(H,14,19);2,4,8-10H,3,5-7H2,1H3/b;4-2-. The first-order valence-corrected chi connectivity index (χ1v) is 11.6. The highest BCUT2D eigenvalue weighted by molar-refractivity contribution is 6.01. The largest absolute Gasteiger partial charge is 0.453 e. The van der Waals surface area contributed by atoms with E-state index in [1.54, 1.807) is 0 Å². The van der Waals surface area contributed by atoms with Crippen molar-refractivity contribution in [2.24, 2.45) is 17.8 Å². The van der Waals surface area contributed by atoms with Crippen LogP contribution in [0, 0.1) is 17.8 Å². The molecule has 3 atom stereocenters. The quantitative estimate of drug-likeness (QED) is 0.295. The van der Waals surface area contributed by atoms with Crippen LogP contribution in [-0.2, 0) is 33.4 Å². The fourth-order valence-electron chi connectivity index (χ4n) is 3.73. The van der Waals surface area contributed by atoms with Gasteiger partial charge in [0.1, 0.15) is 0 Å². The highest BCUT2D eigenvalue weighted by Crippen LogP contribution is 2.47. The molecule has 3 rings (SSSR count). The van der Waals surface area contributed by atoms with Crippen molar-refractivity contribution in [1.29, 1.82) is 0 Å². The van der Waals surface area contributed by atoms with E-state index in [2.05, 4.69) is 34.0 Å². The van der Waals surface area contributed by atoms with Gasteiger partial charge in [-0.25, -0.2) is 9.59 Å². The number of hydrogen-bond donors (Lipinski definition) is 1. The lowest BCUT2D eigenvalue weighted by Crippen LogP contribution is -2.32. The van der Waals surface area contributed by atoms with Crippen molar-refractivity contribution in [3.63, 3.8) is 0 Å². The lowest BCUT2D eigenvalue weighted by Gasteiger charge is -2.12. The molecule has 0 aromatic rings. The van der Waals surface area contributed by atoms with Crippen LogP contribution < -0.4 is 5.32 Å². The predicted octanol–water partition coefficient (Wildman–Crippen LogP) is 2.37. The fourth-order valence-corrected chi connectivity index (χ4v) is 3.73. The molecular formula is C23H36N2O8. The molecule has 0 radical (unpaired) electrons. The maximum absolute atomic E-state index is 11.4. The minimum atomic E-state index is -0.711. The van der Waals surface area contributed by atoms with Gasteiger partial charge in [-0.1, -0.05) is 19.1 Å². The first kappa shape index (κ1) is 26.8. The molecule has 1 saturated heterocycles. The number of rotatable bonds is 10. The maximum atomic E-state index is 11.4. The molecule has 186 valence electrons. The first-order valence-electron chi connectivity index (χ1n) is 11.6. The lowest BCUT2D eigenvalue weighted by molar-refractivity contribution is -0.198. The Morgan fingerprint density at radius 1 is 1.03 bits per heavy atom. The van der Waals surface area contributed by atoms with Crippen molar-refractivity contribution in [2.45, 2.75) is 51.9 Å². The third-order valence-corrected chi connectivity index (χ3v) is 5.63. The number of alkyl carbamates (subject to hydrolysis) is 1. The lowest BCUT2D eigenvalue weighted by atomic mass is 9.98. The Balaban J connectivity index is 0.000000315. The zero-order valence-corrected chi connectivity index (χ0v) is 19.6. The second-order valence-corrected chi connectivity index (χ2v) is 8.41. The van der Waals surface area contributed by atoms with Gasteiger partial charge in [-0.3, -0.25) is 9.59 Å². The van der Waals surface area contributed by atoms with Crippen LogP contribution in [0.1, 0.15) is 51.9 Å². The smallest absolute Gasteiger partial charge is 0.406 e. The zero-order chi connectivity index (χ0) is 24.1. The van der Waals surface area contributed by atoms with Gasteiger partial charge in [-0.2, -0.15) is 0 Å². The first-order chi connectivity index (χ1) is 15.9. The van der Waals surface area contributed by atoms with E-state index in [4.69, 9.17) is 9.47 Å². The number of methoxy groups -OCH3 is 1. The molecule has 3 unspecified atom stereocenters. The van der Waals surface area contributed by atoms with Crippen molar-refractivity contribution in [3.05, 3.63) is 12.2 Å². The predicted molar refractivity (Wildman–Crippen MR) is 118 cm³/mol. The number of nitrogens with zero attached hydrogens (tertiary/aromatic N) is 1. The minimum Gasteiger partial charge on any atom is -0.453 e. The summed E-state index contributed by atoms with van der Waals surface area (Å²) in [6, 6.07) is 0. The number of imide groups is 1. The summed E-state index contributed by atoms with van der Waals surface area (Å²) >= 11 is 0. The highest BCUT2D eigenvalue weighted by Gasteiger charge is 2.36.